The third kappa shape index (κ3) is 3.90. The molecule has 1 aromatic heterocycles. The summed E-state index contributed by atoms with van der Waals surface area (Å²) in [6.07, 6.45) is 2.64. The SMILES string of the molecule is CCC[C@]1(C(=O)O)CN(Cc2cc3ccc(SC)cc3[nH]c2=O)CCC1O. The molecular weight excluding hydrogens is 364 g/mol. The summed E-state index contributed by atoms with van der Waals surface area (Å²) in [5.74, 6) is -0.960. The zero-order chi connectivity index (χ0) is 19.6. The summed E-state index contributed by atoms with van der Waals surface area (Å²) in [5.41, 5.74) is 0.106. The van der Waals surface area contributed by atoms with Gasteiger partial charge in [-0.3, -0.25) is 14.5 Å². The molecule has 1 saturated heterocycles. The highest BCUT2D eigenvalue weighted by molar-refractivity contribution is 7.98. The average Bonchev–Trinajstić information content (AvgIpc) is 2.64. The molecule has 2 aromatic rings. The van der Waals surface area contributed by atoms with E-state index < -0.39 is 17.5 Å². The van der Waals surface area contributed by atoms with E-state index in [-0.39, 0.29) is 12.1 Å². The molecule has 1 unspecified atom stereocenters. The zero-order valence-electron chi connectivity index (χ0n) is 15.7. The zero-order valence-corrected chi connectivity index (χ0v) is 16.5. The van der Waals surface area contributed by atoms with Crippen LogP contribution in [0, 0.1) is 5.41 Å². The maximum atomic E-state index is 12.5. The van der Waals surface area contributed by atoms with Gasteiger partial charge in [-0.25, -0.2) is 0 Å². The molecule has 1 aromatic carbocycles. The first-order valence-electron chi connectivity index (χ1n) is 9.23. The molecule has 1 aliphatic rings. The van der Waals surface area contributed by atoms with Crippen LogP contribution in [0.4, 0.5) is 0 Å². The number of nitrogens with zero attached hydrogens (tertiary/aromatic N) is 1. The Morgan fingerprint density at radius 2 is 2.19 bits per heavy atom. The second-order valence-corrected chi connectivity index (χ2v) is 8.18. The minimum atomic E-state index is -1.16. The Morgan fingerprint density at radius 1 is 1.41 bits per heavy atom. The maximum Gasteiger partial charge on any atom is 0.313 e. The lowest BCUT2D eigenvalue weighted by molar-refractivity contribution is -0.164. The van der Waals surface area contributed by atoms with Crippen LogP contribution in [0.5, 0.6) is 0 Å². The third-order valence-electron chi connectivity index (χ3n) is 5.51. The summed E-state index contributed by atoms with van der Waals surface area (Å²) in [6, 6.07) is 7.84. The highest BCUT2D eigenvalue weighted by atomic mass is 32.2. The number of pyridine rings is 1. The van der Waals surface area contributed by atoms with Gasteiger partial charge in [0.05, 0.1) is 6.10 Å². The Labute approximate surface area is 162 Å². The predicted octanol–water partition coefficient (Wildman–Crippen LogP) is 2.69. The van der Waals surface area contributed by atoms with E-state index in [0.717, 1.165) is 15.8 Å². The van der Waals surface area contributed by atoms with Gasteiger partial charge >= 0.3 is 5.97 Å². The quantitative estimate of drug-likeness (QED) is 0.657. The Bertz CT molecular complexity index is 897. The lowest BCUT2D eigenvalue weighted by Crippen LogP contribution is -2.55. The van der Waals surface area contributed by atoms with E-state index >= 15 is 0 Å². The first-order valence-corrected chi connectivity index (χ1v) is 10.5. The van der Waals surface area contributed by atoms with Crippen molar-refractivity contribution in [2.24, 2.45) is 5.41 Å². The summed E-state index contributed by atoms with van der Waals surface area (Å²) in [7, 11) is 0. The first-order chi connectivity index (χ1) is 12.9. The molecule has 1 fully saturated rings. The molecule has 0 bridgehead atoms. The van der Waals surface area contributed by atoms with Crippen molar-refractivity contribution in [3.05, 3.63) is 40.2 Å². The summed E-state index contributed by atoms with van der Waals surface area (Å²) < 4.78 is 0. The van der Waals surface area contributed by atoms with Gasteiger partial charge in [0.25, 0.3) is 5.56 Å². The minimum Gasteiger partial charge on any atom is -0.481 e. The number of piperidine rings is 1. The van der Waals surface area contributed by atoms with Crippen molar-refractivity contribution in [1.29, 1.82) is 0 Å². The molecule has 27 heavy (non-hydrogen) atoms. The number of carbonyl (C=O) groups is 1. The molecule has 2 heterocycles. The average molecular weight is 391 g/mol. The lowest BCUT2D eigenvalue weighted by Gasteiger charge is -2.43. The summed E-state index contributed by atoms with van der Waals surface area (Å²) in [4.78, 5) is 30.5. The molecular formula is C20H26N2O4S. The first kappa shape index (κ1) is 19.9. The van der Waals surface area contributed by atoms with Crippen molar-refractivity contribution in [3.63, 3.8) is 0 Å². The van der Waals surface area contributed by atoms with E-state index in [1.165, 1.54) is 0 Å². The number of rotatable bonds is 6. The van der Waals surface area contributed by atoms with Crippen molar-refractivity contribution in [2.45, 2.75) is 43.7 Å². The van der Waals surface area contributed by atoms with Gasteiger partial charge in [0.15, 0.2) is 0 Å². The van der Waals surface area contributed by atoms with Gasteiger partial charge in [-0.05, 0) is 42.7 Å². The summed E-state index contributed by atoms with van der Waals surface area (Å²) >= 11 is 1.62. The molecule has 7 heteroatoms. The second-order valence-electron chi connectivity index (χ2n) is 7.30. The van der Waals surface area contributed by atoms with Crippen LogP contribution in [0.3, 0.4) is 0 Å². The number of aromatic amines is 1. The number of carboxylic acids is 1. The number of aliphatic hydroxyl groups is 1. The topological polar surface area (TPSA) is 93.6 Å². The molecule has 0 spiro atoms. The highest BCUT2D eigenvalue weighted by Crippen LogP contribution is 2.36. The number of benzene rings is 1. The van der Waals surface area contributed by atoms with Crippen LogP contribution in [0.15, 0.2) is 34.0 Å². The van der Waals surface area contributed by atoms with Crippen LogP contribution in [-0.4, -0.2) is 51.5 Å². The van der Waals surface area contributed by atoms with Crippen molar-refractivity contribution >= 4 is 28.6 Å². The van der Waals surface area contributed by atoms with Gasteiger partial charge < -0.3 is 15.2 Å². The number of aliphatic hydroxyl groups excluding tert-OH is 1. The molecule has 3 rings (SSSR count). The Balaban J connectivity index is 1.87. The summed E-state index contributed by atoms with van der Waals surface area (Å²) in [6.45, 7) is 3.12. The number of fused-ring (bicyclic) bond motifs is 1. The largest absolute Gasteiger partial charge is 0.481 e. The number of thioether (sulfide) groups is 1. The van der Waals surface area contributed by atoms with Crippen molar-refractivity contribution in [3.8, 4) is 0 Å². The van der Waals surface area contributed by atoms with Gasteiger partial charge in [0.2, 0.25) is 0 Å². The second kappa shape index (κ2) is 8.04. The lowest BCUT2D eigenvalue weighted by atomic mass is 9.74. The molecule has 0 saturated carbocycles. The van der Waals surface area contributed by atoms with E-state index in [9.17, 15) is 19.8 Å². The monoisotopic (exact) mass is 390 g/mol. The smallest absolute Gasteiger partial charge is 0.313 e. The van der Waals surface area contributed by atoms with E-state index in [4.69, 9.17) is 0 Å². The van der Waals surface area contributed by atoms with Crippen LogP contribution in [0.25, 0.3) is 10.9 Å². The number of H-pyrrole nitrogens is 1. The molecule has 0 radical (unpaired) electrons. The molecule has 0 amide bonds. The van der Waals surface area contributed by atoms with Crippen LogP contribution in [0.1, 0.15) is 31.7 Å². The number of hydrogen-bond acceptors (Lipinski definition) is 5. The maximum absolute atomic E-state index is 12.5. The fourth-order valence-electron chi connectivity index (χ4n) is 4.02. The number of hydrogen-bond donors (Lipinski definition) is 3. The summed E-state index contributed by atoms with van der Waals surface area (Å²) in [5, 5.41) is 21.1. The standard InChI is InChI=1S/C20H26N2O4S/c1-3-7-20(19(25)26)12-22(8-6-17(20)23)11-14-9-13-4-5-15(27-2)10-16(13)21-18(14)24/h4-5,9-10,17,23H,3,6-8,11-12H2,1-2H3,(H,21,24)(H,25,26)/t17?,20-/m0/s1. The Kier molecular flexibility index (Phi) is 5.93. The number of aliphatic carboxylic acids is 1. The van der Waals surface area contributed by atoms with Crippen LogP contribution < -0.4 is 5.56 Å². The Hall–Kier alpha value is -1.83. The van der Waals surface area contributed by atoms with Crippen molar-refractivity contribution in [2.75, 3.05) is 19.3 Å². The number of likely N-dealkylation sites (tertiary alicyclic amines) is 1. The van der Waals surface area contributed by atoms with Gasteiger partial charge in [-0.2, -0.15) is 0 Å². The van der Waals surface area contributed by atoms with Crippen LogP contribution in [0.2, 0.25) is 0 Å². The fourth-order valence-corrected chi connectivity index (χ4v) is 4.46. The normalized spacial score (nSPS) is 23.6. The van der Waals surface area contributed by atoms with Gasteiger partial charge in [-0.1, -0.05) is 19.4 Å². The van der Waals surface area contributed by atoms with Gasteiger partial charge in [0.1, 0.15) is 5.41 Å². The molecule has 1 aliphatic heterocycles. The Morgan fingerprint density at radius 3 is 2.85 bits per heavy atom. The number of carboxylic acid groups (broad SMARTS) is 1. The molecule has 146 valence electrons. The van der Waals surface area contributed by atoms with Crippen LogP contribution in [-0.2, 0) is 11.3 Å². The van der Waals surface area contributed by atoms with Crippen molar-refractivity contribution < 1.29 is 15.0 Å². The fraction of sp³-hybridized carbons (Fsp3) is 0.500. The molecule has 0 aliphatic carbocycles. The molecule has 3 N–H and O–H groups in total. The van der Waals surface area contributed by atoms with E-state index in [2.05, 4.69) is 4.98 Å². The molecule has 2 atom stereocenters. The van der Waals surface area contributed by atoms with E-state index in [0.29, 0.717) is 37.9 Å². The van der Waals surface area contributed by atoms with Crippen molar-refractivity contribution in [1.82, 2.24) is 9.88 Å². The highest BCUT2D eigenvalue weighted by Gasteiger charge is 2.48. The van der Waals surface area contributed by atoms with Crippen LogP contribution >= 0.6 is 11.8 Å². The minimum absolute atomic E-state index is 0.150. The molecule has 6 nitrogen and oxygen atoms in total. The third-order valence-corrected chi connectivity index (χ3v) is 6.23. The van der Waals surface area contributed by atoms with Gasteiger partial charge in [-0.15, -0.1) is 11.8 Å². The number of nitrogens with one attached hydrogen (secondary N) is 1. The predicted molar refractivity (Wildman–Crippen MR) is 107 cm³/mol. The van der Waals surface area contributed by atoms with E-state index in [1.54, 1.807) is 11.8 Å². The van der Waals surface area contributed by atoms with E-state index in [1.807, 2.05) is 42.3 Å². The number of aromatic nitrogens is 1. The van der Waals surface area contributed by atoms with Gasteiger partial charge in [0, 0.05) is 35.6 Å².